The van der Waals surface area contributed by atoms with Crippen LogP contribution in [0.5, 0.6) is 5.88 Å². The molecule has 0 unspecified atom stereocenters. The van der Waals surface area contributed by atoms with Crippen LogP contribution in [-0.2, 0) is 0 Å². The van der Waals surface area contributed by atoms with Gasteiger partial charge in [-0.15, -0.1) is 6.42 Å². The number of nitrogens with one attached hydrogen (secondary N) is 1. The monoisotopic (exact) mass is 409 g/mol. The lowest BCUT2D eigenvalue weighted by molar-refractivity contribution is 0.102. The summed E-state index contributed by atoms with van der Waals surface area (Å²) in [6.07, 6.45) is 9.73. The summed E-state index contributed by atoms with van der Waals surface area (Å²) in [5.41, 5.74) is 7.93. The highest BCUT2D eigenvalue weighted by atomic mass is 32.2. The number of aliphatic imine (C=N–C) groups is 1. The molecule has 150 valence electrons. The van der Waals surface area contributed by atoms with Gasteiger partial charge in [-0.25, -0.2) is 9.97 Å². The summed E-state index contributed by atoms with van der Waals surface area (Å²) in [5.74, 6) is 2.25. The van der Waals surface area contributed by atoms with Crippen molar-refractivity contribution in [2.45, 2.75) is 37.5 Å². The van der Waals surface area contributed by atoms with Crippen LogP contribution in [-0.4, -0.2) is 32.4 Å². The van der Waals surface area contributed by atoms with Gasteiger partial charge in [-0.2, -0.15) is 0 Å². The van der Waals surface area contributed by atoms with Crippen LogP contribution in [0.4, 0.5) is 5.69 Å². The average molecular weight is 410 g/mol. The Kier molecular flexibility index (Phi) is 6.39. The molecule has 1 atom stereocenters. The van der Waals surface area contributed by atoms with Crippen molar-refractivity contribution in [3.05, 3.63) is 47.9 Å². The zero-order valence-electron chi connectivity index (χ0n) is 16.4. The molecular formula is C21H23N5O2S. The SMILES string of the molecule is C#CCOc1cnc(C(=O)Nc2cccc([C@@H]3CCC(C)(C)SC(N)=N3)c2)cn1. The van der Waals surface area contributed by atoms with Gasteiger partial charge in [-0.1, -0.05) is 43.7 Å². The molecular weight excluding hydrogens is 386 g/mol. The lowest BCUT2D eigenvalue weighted by atomic mass is 9.97. The van der Waals surface area contributed by atoms with E-state index in [1.165, 1.54) is 12.4 Å². The van der Waals surface area contributed by atoms with Crippen LogP contribution < -0.4 is 15.8 Å². The number of ether oxygens (including phenoxy) is 1. The van der Waals surface area contributed by atoms with Crippen molar-refractivity contribution in [3.8, 4) is 18.2 Å². The minimum Gasteiger partial charge on any atom is -0.463 e. The topological polar surface area (TPSA) is 102 Å². The molecule has 0 saturated heterocycles. The molecule has 3 N–H and O–H groups in total. The minimum absolute atomic E-state index is 0.0338. The lowest BCUT2D eigenvalue weighted by Crippen LogP contribution is -2.19. The molecule has 1 amide bonds. The van der Waals surface area contributed by atoms with Gasteiger partial charge in [0.25, 0.3) is 5.91 Å². The van der Waals surface area contributed by atoms with E-state index in [9.17, 15) is 4.79 Å². The van der Waals surface area contributed by atoms with Crippen LogP contribution in [0.3, 0.4) is 0 Å². The van der Waals surface area contributed by atoms with Gasteiger partial charge >= 0.3 is 0 Å². The zero-order chi connectivity index (χ0) is 20.9. The fourth-order valence-corrected chi connectivity index (χ4v) is 3.91. The van der Waals surface area contributed by atoms with Crippen molar-refractivity contribution in [2.24, 2.45) is 10.7 Å². The quantitative estimate of drug-likeness (QED) is 0.734. The molecule has 0 radical (unpaired) electrons. The Morgan fingerprint density at radius 1 is 1.41 bits per heavy atom. The summed E-state index contributed by atoms with van der Waals surface area (Å²) in [5, 5.41) is 3.44. The largest absolute Gasteiger partial charge is 0.463 e. The number of rotatable bonds is 5. The maximum absolute atomic E-state index is 12.5. The second kappa shape index (κ2) is 8.97. The van der Waals surface area contributed by atoms with E-state index >= 15 is 0 Å². The molecule has 0 aliphatic carbocycles. The Labute approximate surface area is 174 Å². The highest BCUT2D eigenvalue weighted by molar-refractivity contribution is 8.14. The Balaban J connectivity index is 1.70. The van der Waals surface area contributed by atoms with Crippen molar-refractivity contribution in [1.29, 1.82) is 0 Å². The fraction of sp³-hybridized carbons (Fsp3) is 0.333. The number of amidine groups is 1. The lowest BCUT2D eigenvalue weighted by Gasteiger charge is -2.21. The molecule has 2 heterocycles. The Bertz CT molecular complexity index is 950. The molecule has 3 rings (SSSR count). The van der Waals surface area contributed by atoms with Crippen LogP contribution in [0.1, 0.15) is 48.8 Å². The smallest absolute Gasteiger partial charge is 0.275 e. The van der Waals surface area contributed by atoms with Gasteiger partial charge < -0.3 is 15.8 Å². The van der Waals surface area contributed by atoms with E-state index in [1.54, 1.807) is 11.8 Å². The number of anilines is 1. The minimum atomic E-state index is -0.362. The summed E-state index contributed by atoms with van der Waals surface area (Å²) < 4.78 is 5.22. The third kappa shape index (κ3) is 5.72. The van der Waals surface area contributed by atoms with Crippen molar-refractivity contribution in [2.75, 3.05) is 11.9 Å². The van der Waals surface area contributed by atoms with Crippen LogP contribution in [0, 0.1) is 12.3 Å². The molecule has 1 aromatic heterocycles. The van der Waals surface area contributed by atoms with Crippen LogP contribution in [0.25, 0.3) is 0 Å². The first-order chi connectivity index (χ1) is 13.9. The number of amides is 1. The number of thioether (sulfide) groups is 1. The van der Waals surface area contributed by atoms with E-state index in [-0.39, 0.29) is 34.9 Å². The molecule has 1 aliphatic heterocycles. The van der Waals surface area contributed by atoms with Gasteiger partial charge in [0.05, 0.1) is 18.4 Å². The number of nitrogens with two attached hydrogens (primary N) is 1. The van der Waals surface area contributed by atoms with Crippen molar-refractivity contribution >= 4 is 28.5 Å². The van der Waals surface area contributed by atoms with Gasteiger partial charge in [-0.05, 0) is 30.5 Å². The first-order valence-corrected chi connectivity index (χ1v) is 10.00. The van der Waals surface area contributed by atoms with Crippen molar-refractivity contribution < 1.29 is 9.53 Å². The first kappa shape index (κ1) is 20.7. The number of hydrogen-bond acceptors (Lipinski definition) is 7. The van der Waals surface area contributed by atoms with Crippen LogP contribution in [0.2, 0.25) is 0 Å². The molecule has 1 aliphatic rings. The second-order valence-electron chi connectivity index (χ2n) is 7.20. The normalized spacial score (nSPS) is 18.1. The third-order valence-electron chi connectivity index (χ3n) is 4.38. The van der Waals surface area contributed by atoms with Gasteiger partial charge in [0.1, 0.15) is 5.69 Å². The Morgan fingerprint density at radius 3 is 2.97 bits per heavy atom. The third-order valence-corrected chi connectivity index (χ3v) is 5.45. The Hall–Kier alpha value is -3.05. The van der Waals surface area contributed by atoms with Gasteiger partial charge in [0.15, 0.2) is 11.8 Å². The number of nitrogens with zero attached hydrogens (tertiary/aromatic N) is 3. The Morgan fingerprint density at radius 2 is 2.24 bits per heavy atom. The van der Waals surface area contributed by atoms with E-state index in [0.717, 1.165) is 18.4 Å². The van der Waals surface area contributed by atoms with E-state index in [1.807, 2.05) is 24.3 Å². The van der Waals surface area contributed by atoms with E-state index in [0.29, 0.717) is 10.9 Å². The van der Waals surface area contributed by atoms with E-state index in [4.69, 9.17) is 16.9 Å². The number of carbonyl (C=O) groups excluding carboxylic acids is 1. The second-order valence-corrected chi connectivity index (χ2v) is 8.92. The van der Waals surface area contributed by atoms with Crippen LogP contribution in [0.15, 0.2) is 41.7 Å². The first-order valence-electron chi connectivity index (χ1n) is 9.18. The molecule has 0 fully saturated rings. The predicted octanol–water partition coefficient (Wildman–Crippen LogP) is 3.40. The average Bonchev–Trinajstić information content (AvgIpc) is 2.83. The van der Waals surface area contributed by atoms with Gasteiger partial charge in [-0.3, -0.25) is 9.79 Å². The number of benzene rings is 1. The molecule has 1 aromatic carbocycles. The number of terminal acetylenes is 1. The van der Waals surface area contributed by atoms with Gasteiger partial charge in [0, 0.05) is 10.4 Å². The highest BCUT2D eigenvalue weighted by Crippen LogP contribution is 2.38. The molecule has 29 heavy (non-hydrogen) atoms. The maximum Gasteiger partial charge on any atom is 0.275 e. The summed E-state index contributed by atoms with van der Waals surface area (Å²) >= 11 is 1.60. The number of aromatic nitrogens is 2. The van der Waals surface area contributed by atoms with Crippen molar-refractivity contribution in [3.63, 3.8) is 0 Å². The molecule has 2 aromatic rings. The number of hydrogen-bond donors (Lipinski definition) is 2. The molecule has 0 bridgehead atoms. The maximum atomic E-state index is 12.5. The van der Waals surface area contributed by atoms with E-state index < -0.39 is 0 Å². The summed E-state index contributed by atoms with van der Waals surface area (Å²) in [6.45, 7) is 4.43. The molecule has 0 saturated carbocycles. The fourth-order valence-electron chi connectivity index (χ4n) is 2.95. The highest BCUT2D eigenvalue weighted by Gasteiger charge is 2.27. The van der Waals surface area contributed by atoms with E-state index in [2.05, 4.69) is 40.0 Å². The molecule has 7 nitrogen and oxygen atoms in total. The summed E-state index contributed by atoms with van der Waals surface area (Å²) in [4.78, 5) is 25.2. The standard InChI is InChI=1S/C21H23N5O2S/c1-4-10-28-18-13-23-17(12-24-18)19(27)25-15-7-5-6-14(11-15)16-8-9-21(2,3)29-20(22)26-16/h1,5-7,11-13,16H,8-10H2,2-3H3,(H2,22,26)(H,25,27)/t16-/m0/s1. The zero-order valence-corrected chi connectivity index (χ0v) is 17.2. The summed E-state index contributed by atoms with van der Waals surface area (Å²) in [7, 11) is 0. The van der Waals surface area contributed by atoms with Crippen molar-refractivity contribution in [1.82, 2.24) is 9.97 Å². The molecule has 0 spiro atoms. The molecule has 8 heteroatoms. The van der Waals surface area contributed by atoms with Gasteiger partial charge in [0.2, 0.25) is 5.88 Å². The van der Waals surface area contributed by atoms with Crippen LogP contribution >= 0.6 is 11.8 Å². The predicted molar refractivity (Wildman–Crippen MR) is 116 cm³/mol. The summed E-state index contributed by atoms with van der Waals surface area (Å²) in [6, 6.07) is 7.59. The number of carbonyl (C=O) groups is 1.